The van der Waals surface area contributed by atoms with E-state index in [0.717, 1.165) is 27.1 Å². The molecule has 3 rings (SSSR count). The lowest BCUT2D eigenvalue weighted by Gasteiger charge is -2.15. The second kappa shape index (κ2) is 5.58. The zero-order valence-corrected chi connectivity index (χ0v) is 11.9. The van der Waals surface area contributed by atoms with E-state index in [-0.39, 0.29) is 6.04 Å². The number of hydrogen-bond donors (Lipinski definition) is 2. The summed E-state index contributed by atoms with van der Waals surface area (Å²) in [6, 6.07) is 12.1. The predicted octanol–water partition coefficient (Wildman–Crippen LogP) is 2.86. The molecule has 0 saturated carbocycles. The van der Waals surface area contributed by atoms with Crippen LogP contribution in [0.15, 0.2) is 48.0 Å². The van der Waals surface area contributed by atoms with Gasteiger partial charge in [0.15, 0.2) is 0 Å². The Morgan fingerprint density at radius 2 is 2.20 bits per heavy atom. The Hall–Kier alpha value is -1.95. The Kier molecular flexibility index (Phi) is 3.64. The molecular formula is C15H15N3OS. The molecule has 0 amide bonds. The van der Waals surface area contributed by atoms with E-state index in [1.54, 1.807) is 24.6 Å². The summed E-state index contributed by atoms with van der Waals surface area (Å²) in [6.07, 6.45) is 1.80. The van der Waals surface area contributed by atoms with Gasteiger partial charge in [-0.25, -0.2) is 5.43 Å². The van der Waals surface area contributed by atoms with Crippen molar-refractivity contribution in [3.05, 3.63) is 58.4 Å². The number of fused-ring (bicyclic) bond motifs is 1. The first-order valence-corrected chi connectivity index (χ1v) is 7.13. The Balaban J connectivity index is 2.02. The number of nitrogens with one attached hydrogen (secondary N) is 1. The van der Waals surface area contributed by atoms with Gasteiger partial charge in [0.2, 0.25) is 0 Å². The lowest BCUT2D eigenvalue weighted by molar-refractivity contribution is 0.416. The van der Waals surface area contributed by atoms with E-state index >= 15 is 0 Å². The summed E-state index contributed by atoms with van der Waals surface area (Å²) in [7, 11) is 1.66. The smallest absolute Gasteiger partial charge is 0.129 e. The SMILES string of the molecule is COc1csc(C(NN)c2ccc3cccnc3c2)c1. The number of hydrazine groups is 1. The van der Waals surface area contributed by atoms with Crippen molar-refractivity contribution < 1.29 is 4.74 Å². The highest BCUT2D eigenvalue weighted by molar-refractivity contribution is 7.10. The summed E-state index contributed by atoms with van der Waals surface area (Å²) in [5.74, 6) is 6.58. The number of hydrogen-bond acceptors (Lipinski definition) is 5. The molecule has 0 spiro atoms. The molecule has 3 N–H and O–H groups in total. The maximum atomic E-state index is 5.73. The van der Waals surface area contributed by atoms with Gasteiger partial charge >= 0.3 is 0 Å². The molecule has 0 aliphatic heterocycles. The number of rotatable bonds is 4. The Morgan fingerprint density at radius 1 is 1.30 bits per heavy atom. The Morgan fingerprint density at radius 3 is 2.95 bits per heavy atom. The van der Waals surface area contributed by atoms with Crippen LogP contribution in [0.3, 0.4) is 0 Å². The van der Waals surface area contributed by atoms with Crippen molar-refractivity contribution in [2.75, 3.05) is 7.11 Å². The zero-order valence-electron chi connectivity index (χ0n) is 11.0. The van der Waals surface area contributed by atoms with Gasteiger partial charge in [-0.2, -0.15) is 0 Å². The molecule has 1 aromatic carbocycles. The van der Waals surface area contributed by atoms with Crippen LogP contribution in [0.4, 0.5) is 0 Å². The highest BCUT2D eigenvalue weighted by Crippen LogP contribution is 2.31. The van der Waals surface area contributed by atoms with E-state index in [0.29, 0.717) is 0 Å². The van der Waals surface area contributed by atoms with Crippen LogP contribution in [0.5, 0.6) is 5.75 Å². The summed E-state index contributed by atoms with van der Waals surface area (Å²) >= 11 is 1.62. The molecule has 20 heavy (non-hydrogen) atoms. The maximum absolute atomic E-state index is 5.73. The minimum absolute atomic E-state index is 0.0599. The van der Waals surface area contributed by atoms with Crippen molar-refractivity contribution in [2.24, 2.45) is 5.84 Å². The lowest BCUT2D eigenvalue weighted by atomic mass is 10.0. The molecule has 102 valence electrons. The minimum atomic E-state index is -0.0599. The van der Waals surface area contributed by atoms with E-state index in [9.17, 15) is 0 Å². The summed E-state index contributed by atoms with van der Waals surface area (Å²) in [4.78, 5) is 5.49. The van der Waals surface area contributed by atoms with Crippen molar-refractivity contribution in [1.29, 1.82) is 0 Å². The van der Waals surface area contributed by atoms with E-state index in [1.807, 2.05) is 23.6 Å². The van der Waals surface area contributed by atoms with Gasteiger partial charge in [0.05, 0.1) is 18.7 Å². The van der Waals surface area contributed by atoms with Crippen molar-refractivity contribution in [3.63, 3.8) is 0 Å². The van der Waals surface area contributed by atoms with Gasteiger partial charge in [0.1, 0.15) is 5.75 Å². The molecule has 5 heteroatoms. The fraction of sp³-hybridized carbons (Fsp3) is 0.133. The molecule has 1 atom stereocenters. The van der Waals surface area contributed by atoms with Crippen LogP contribution in [0.25, 0.3) is 10.9 Å². The van der Waals surface area contributed by atoms with Gasteiger partial charge in [0, 0.05) is 21.8 Å². The number of methoxy groups -OCH3 is 1. The fourth-order valence-corrected chi connectivity index (χ4v) is 3.14. The first-order chi connectivity index (χ1) is 9.81. The fourth-order valence-electron chi connectivity index (χ4n) is 2.20. The van der Waals surface area contributed by atoms with Crippen LogP contribution in [0, 0.1) is 0 Å². The monoisotopic (exact) mass is 285 g/mol. The molecule has 2 heterocycles. The molecule has 3 aromatic rings. The topological polar surface area (TPSA) is 60.2 Å². The van der Waals surface area contributed by atoms with Crippen molar-refractivity contribution in [2.45, 2.75) is 6.04 Å². The van der Waals surface area contributed by atoms with Gasteiger partial charge in [-0.15, -0.1) is 11.3 Å². The molecular weight excluding hydrogens is 270 g/mol. The molecule has 0 saturated heterocycles. The quantitative estimate of drug-likeness (QED) is 0.571. The second-order valence-corrected chi connectivity index (χ2v) is 5.39. The van der Waals surface area contributed by atoms with Crippen LogP contribution in [-0.4, -0.2) is 12.1 Å². The van der Waals surface area contributed by atoms with Crippen molar-refractivity contribution >= 4 is 22.2 Å². The first-order valence-electron chi connectivity index (χ1n) is 6.25. The molecule has 0 fully saturated rings. The van der Waals surface area contributed by atoms with Crippen LogP contribution in [0.1, 0.15) is 16.5 Å². The van der Waals surface area contributed by atoms with Crippen molar-refractivity contribution in [1.82, 2.24) is 10.4 Å². The summed E-state index contributed by atoms with van der Waals surface area (Å²) in [6.45, 7) is 0. The van der Waals surface area contributed by atoms with Gasteiger partial charge in [0.25, 0.3) is 0 Å². The maximum Gasteiger partial charge on any atom is 0.129 e. The number of benzene rings is 1. The molecule has 0 aliphatic carbocycles. The van der Waals surface area contributed by atoms with Crippen LogP contribution in [0.2, 0.25) is 0 Å². The standard InChI is InChI=1S/C15H15N3OS/c1-19-12-8-14(20-9-12)15(18-16)11-5-4-10-3-2-6-17-13(10)7-11/h2-9,15,18H,16H2,1H3. The summed E-state index contributed by atoms with van der Waals surface area (Å²) in [5.41, 5.74) is 4.92. The number of ether oxygens (including phenoxy) is 1. The number of nitrogens with zero attached hydrogens (tertiary/aromatic N) is 1. The van der Waals surface area contributed by atoms with Crippen LogP contribution < -0.4 is 16.0 Å². The van der Waals surface area contributed by atoms with E-state index in [4.69, 9.17) is 10.6 Å². The van der Waals surface area contributed by atoms with Crippen LogP contribution >= 0.6 is 11.3 Å². The zero-order chi connectivity index (χ0) is 13.9. The second-order valence-electron chi connectivity index (χ2n) is 4.44. The minimum Gasteiger partial charge on any atom is -0.496 e. The van der Waals surface area contributed by atoms with Gasteiger partial charge in [-0.1, -0.05) is 18.2 Å². The highest BCUT2D eigenvalue weighted by Gasteiger charge is 2.15. The molecule has 0 radical (unpaired) electrons. The molecule has 0 bridgehead atoms. The van der Waals surface area contributed by atoms with E-state index < -0.39 is 0 Å². The largest absolute Gasteiger partial charge is 0.496 e. The number of aromatic nitrogens is 1. The Bertz CT molecular complexity index is 726. The normalized spacial score (nSPS) is 12.5. The first kappa shape index (κ1) is 13.1. The van der Waals surface area contributed by atoms with Crippen molar-refractivity contribution in [3.8, 4) is 5.75 Å². The van der Waals surface area contributed by atoms with E-state index in [1.165, 1.54) is 0 Å². The lowest BCUT2D eigenvalue weighted by Crippen LogP contribution is -2.28. The number of thiophene rings is 1. The van der Waals surface area contributed by atoms with Crippen LogP contribution in [-0.2, 0) is 0 Å². The third kappa shape index (κ3) is 2.38. The summed E-state index contributed by atoms with van der Waals surface area (Å²) < 4.78 is 5.23. The Labute approximate surface area is 121 Å². The van der Waals surface area contributed by atoms with Gasteiger partial charge in [-0.3, -0.25) is 10.8 Å². The number of nitrogens with two attached hydrogens (primary N) is 1. The predicted molar refractivity (Wildman–Crippen MR) is 81.8 cm³/mol. The van der Waals surface area contributed by atoms with Gasteiger partial charge in [-0.05, 0) is 23.8 Å². The molecule has 1 unspecified atom stereocenters. The summed E-state index contributed by atoms with van der Waals surface area (Å²) in [5, 5.41) is 3.09. The average molecular weight is 285 g/mol. The number of pyridine rings is 1. The average Bonchev–Trinajstić information content (AvgIpc) is 2.97. The molecule has 4 nitrogen and oxygen atoms in total. The molecule has 2 aromatic heterocycles. The third-order valence-corrected chi connectivity index (χ3v) is 4.22. The molecule has 0 aliphatic rings. The van der Waals surface area contributed by atoms with Gasteiger partial charge < -0.3 is 4.74 Å². The highest BCUT2D eigenvalue weighted by atomic mass is 32.1. The van der Waals surface area contributed by atoms with E-state index in [2.05, 4.69) is 28.6 Å². The third-order valence-electron chi connectivity index (χ3n) is 3.25.